The highest BCUT2D eigenvalue weighted by molar-refractivity contribution is 5.89. The first-order chi connectivity index (χ1) is 15.7. The summed E-state index contributed by atoms with van der Waals surface area (Å²) in [5.41, 5.74) is 8.87. The lowest BCUT2D eigenvalue weighted by Gasteiger charge is -2.15. The van der Waals surface area contributed by atoms with E-state index in [1.165, 1.54) is 44.7 Å². The molecule has 160 valence electrons. The quantitative estimate of drug-likeness (QED) is 0.337. The highest BCUT2D eigenvalue weighted by Crippen LogP contribution is 2.33. The number of fused-ring (bicyclic) bond motifs is 2. The number of benzene rings is 1. The van der Waals surface area contributed by atoms with Crippen molar-refractivity contribution in [3.8, 4) is 11.6 Å². The summed E-state index contributed by atoms with van der Waals surface area (Å²) in [6.07, 6.45) is 15.3. The maximum atomic E-state index is 5.22. The third kappa shape index (κ3) is 3.08. The van der Waals surface area contributed by atoms with Crippen LogP contribution in [0.3, 0.4) is 0 Å². The minimum Gasteiger partial charge on any atom is -0.298 e. The molecule has 3 nitrogen and oxygen atoms in total. The molecule has 3 heteroatoms. The van der Waals surface area contributed by atoms with Gasteiger partial charge in [0.2, 0.25) is 0 Å². The lowest BCUT2D eigenvalue weighted by molar-refractivity contribution is 0.844. The normalized spacial score (nSPS) is 13.6. The molecule has 3 aromatic heterocycles. The first-order valence-electron chi connectivity index (χ1n) is 11.4. The van der Waals surface area contributed by atoms with E-state index < -0.39 is 0 Å². The first kappa shape index (κ1) is 20.3. The summed E-state index contributed by atoms with van der Waals surface area (Å²) in [4.78, 5) is 5.22. The van der Waals surface area contributed by atoms with E-state index in [2.05, 4.69) is 116 Å². The van der Waals surface area contributed by atoms with Crippen LogP contribution in [0.2, 0.25) is 0 Å². The Hall–Kier alpha value is -3.59. The van der Waals surface area contributed by atoms with Crippen LogP contribution in [-0.2, 0) is 6.42 Å². The second-order valence-corrected chi connectivity index (χ2v) is 8.36. The summed E-state index contributed by atoms with van der Waals surface area (Å²) >= 11 is 0. The maximum Gasteiger partial charge on any atom is 0.140 e. The molecule has 0 amide bonds. The number of hydrogen-bond donors (Lipinski definition) is 0. The average molecular weight is 420 g/mol. The molecule has 3 heterocycles. The largest absolute Gasteiger partial charge is 0.298 e. The zero-order valence-corrected chi connectivity index (χ0v) is 19.3. The van der Waals surface area contributed by atoms with Gasteiger partial charge < -0.3 is 0 Å². The molecule has 0 N–H and O–H groups in total. The minimum atomic E-state index is 0.942. The molecule has 0 unspecified atom stereocenters. The van der Waals surface area contributed by atoms with Gasteiger partial charge in [0.15, 0.2) is 0 Å². The Morgan fingerprint density at radius 1 is 0.812 bits per heavy atom. The molecule has 0 fully saturated rings. The van der Waals surface area contributed by atoms with Crippen molar-refractivity contribution >= 4 is 29.1 Å². The van der Waals surface area contributed by atoms with Gasteiger partial charge in [-0.1, -0.05) is 48.6 Å². The molecule has 0 spiro atoms. The monoisotopic (exact) mass is 419 g/mol. The Morgan fingerprint density at radius 3 is 2.25 bits per heavy atom. The van der Waals surface area contributed by atoms with Crippen molar-refractivity contribution < 1.29 is 0 Å². The van der Waals surface area contributed by atoms with E-state index in [-0.39, 0.29) is 0 Å². The molecule has 0 atom stereocenters. The Bertz CT molecular complexity index is 1410. The Balaban J connectivity index is 1.78. The van der Waals surface area contributed by atoms with Crippen LogP contribution in [0.4, 0.5) is 0 Å². The predicted molar refractivity (Wildman–Crippen MR) is 137 cm³/mol. The average Bonchev–Trinajstić information content (AvgIpc) is 3.26. The fraction of sp³-hybridized carbons (Fsp3) is 0.207. The number of pyridine rings is 1. The van der Waals surface area contributed by atoms with Gasteiger partial charge in [-0.3, -0.25) is 9.13 Å². The van der Waals surface area contributed by atoms with Crippen LogP contribution in [0.15, 0.2) is 60.7 Å². The fourth-order valence-electron chi connectivity index (χ4n) is 4.98. The van der Waals surface area contributed by atoms with E-state index in [9.17, 15) is 0 Å². The Labute approximate surface area is 190 Å². The topological polar surface area (TPSA) is 22.8 Å². The van der Waals surface area contributed by atoms with Crippen molar-refractivity contribution in [1.29, 1.82) is 0 Å². The zero-order valence-electron chi connectivity index (χ0n) is 19.3. The molecule has 0 radical (unpaired) electrons. The van der Waals surface area contributed by atoms with Crippen molar-refractivity contribution in [1.82, 2.24) is 14.1 Å². The number of aromatic nitrogens is 3. The minimum absolute atomic E-state index is 0.942. The van der Waals surface area contributed by atoms with E-state index in [1.54, 1.807) is 0 Å². The summed E-state index contributed by atoms with van der Waals surface area (Å²) in [7, 11) is 0. The van der Waals surface area contributed by atoms with Gasteiger partial charge in [0, 0.05) is 11.1 Å². The SMILES string of the molecule is C/C=C\c1c(C)c2c(n1-c1cccc(-n3c(/C=C\C)c(C)c4ccccc43)n1)CCC=C2. The number of allylic oxidation sites excluding steroid dienone is 3. The van der Waals surface area contributed by atoms with Crippen LogP contribution in [0.25, 0.3) is 40.8 Å². The van der Waals surface area contributed by atoms with E-state index in [0.717, 1.165) is 24.5 Å². The van der Waals surface area contributed by atoms with Gasteiger partial charge >= 0.3 is 0 Å². The van der Waals surface area contributed by atoms with Crippen molar-refractivity contribution in [2.45, 2.75) is 40.5 Å². The molecule has 4 aromatic rings. The molecule has 0 saturated carbocycles. The molecule has 1 aromatic carbocycles. The number of rotatable bonds is 4. The number of nitrogens with zero attached hydrogens (tertiary/aromatic N) is 3. The second kappa shape index (κ2) is 8.16. The maximum absolute atomic E-state index is 5.22. The standard InChI is InChI=1S/C29H29N3/c1-5-12-24-20(3)22-14-7-9-16-26(22)31(24)28-18-11-19-29(30-28)32-25(13-6-2)21(4)23-15-8-10-17-27(23)32/h5-9,11-16,18-19H,10,17H2,1-4H3/b12-5-,13-6-. The van der Waals surface area contributed by atoms with Gasteiger partial charge in [-0.2, -0.15) is 0 Å². The second-order valence-electron chi connectivity index (χ2n) is 8.36. The lowest BCUT2D eigenvalue weighted by Crippen LogP contribution is -2.09. The highest BCUT2D eigenvalue weighted by atomic mass is 15.1. The summed E-state index contributed by atoms with van der Waals surface area (Å²) in [5, 5.41) is 1.27. The van der Waals surface area contributed by atoms with Crippen LogP contribution < -0.4 is 0 Å². The summed E-state index contributed by atoms with van der Waals surface area (Å²) in [6.45, 7) is 8.56. The molecular weight excluding hydrogens is 390 g/mol. The molecule has 1 aliphatic rings. The van der Waals surface area contributed by atoms with Gasteiger partial charge in [-0.05, 0) is 87.6 Å². The molecule has 0 bridgehead atoms. The van der Waals surface area contributed by atoms with E-state index >= 15 is 0 Å². The van der Waals surface area contributed by atoms with Crippen LogP contribution in [0.1, 0.15) is 54.0 Å². The van der Waals surface area contributed by atoms with Crippen LogP contribution in [-0.4, -0.2) is 14.1 Å². The van der Waals surface area contributed by atoms with Crippen LogP contribution in [0, 0.1) is 13.8 Å². The van der Waals surface area contributed by atoms with E-state index in [1.807, 2.05) is 0 Å². The number of aryl methyl sites for hydroxylation is 1. The van der Waals surface area contributed by atoms with Gasteiger partial charge in [0.25, 0.3) is 0 Å². The summed E-state index contributed by atoms with van der Waals surface area (Å²) < 4.78 is 4.64. The van der Waals surface area contributed by atoms with Gasteiger partial charge in [-0.25, -0.2) is 4.98 Å². The van der Waals surface area contributed by atoms with Gasteiger partial charge in [0.05, 0.1) is 16.9 Å². The molecule has 0 saturated heterocycles. The molecule has 5 rings (SSSR count). The molecule has 1 aliphatic carbocycles. The smallest absolute Gasteiger partial charge is 0.140 e. The van der Waals surface area contributed by atoms with E-state index in [4.69, 9.17) is 4.98 Å². The zero-order chi connectivity index (χ0) is 22.2. The third-order valence-corrected chi connectivity index (χ3v) is 6.44. The molecular formula is C29H29N3. The van der Waals surface area contributed by atoms with Crippen molar-refractivity contribution in [3.05, 3.63) is 94.5 Å². The highest BCUT2D eigenvalue weighted by Gasteiger charge is 2.21. The van der Waals surface area contributed by atoms with Crippen molar-refractivity contribution in [2.75, 3.05) is 0 Å². The van der Waals surface area contributed by atoms with Gasteiger partial charge in [-0.15, -0.1) is 0 Å². The summed E-state index contributed by atoms with van der Waals surface area (Å²) in [5.74, 6) is 1.91. The van der Waals surface area contributed by atoms with Crippen LogP contribution in [0.5, 0.6) is 0 Å². The van der Waals surface area contributed by atoms with Crippen molar-refractivity contribution in [2.24, 2.45) is 0 Å². The van der Waals surface area contributed by atoms with Crippen molar-refractivity contribution in [3.63, 3.8) is 0 Å². The first-order valence-corrected chi connectivity index (χ1v) is 11.4. The lowest BCUT2D eigenvalue weighted by atomic mass is 10.0. The number of hydrogen-bond acceptors (Lipinski definition) is 1. The Morgan fingerprint density at radius 2 is 1.50 bits per heavy atom. The third-order valence-electron chi connectivity index (χ3n) is 6.44. The summed E-state index contributed by atoms with van der Waals surface area (Å²) in [6, 6.07) is 14.9. The van der Waals surface area contributed by atoms with E-state index in [0.29, 0.717) is 0 Å². The Kier molecular flexibility index (Phi) is 5.18. The van der Waals surface area contributed by atoms with Crippen LogP contribution >= 0.6 is 0 Å². The molecule has 0 aliphatic heterocycles. The fourth-order valence-corrected chi connectivity index (χ4v) is 4.98. The van der Waals surface area contributed by atoms with Gasteiger partial charge in [0.1, 0.15) is 11.6 Å². The predicted octanol–water partition coefficient (Wildman–Crippen LogP) is 7.46. The molecule has 32 heavy (non-hydrogen) atoms. The number of para-hydroxylation sites is 1.